The Balaban J connectivity index is 1.59. The van der Waals surface area contributed by atoms with E-state index in [0.717, 1.165) is 38.7 Å². The van der Waals surface area contributed by atoms with E-state index in [4.69, 9.17) is 26.3 Å². The standard InChI is InChI=1S/C25H20ClN3O2S/c1-15-22-20(18(13-30)12-27-15)11-21-24(31-22)28-23(17-7-9-19(26)10-8-17)29-25(21)32-14-16-5-3-2-4-6-16/h2-10,12,30H,11,13-14H2,1H3. The Morgan fingerprint density at radius 2 is 1.81 bits per heavy atom. The van der Waals surface area contributed by atoms with E-state index in [-0.39, 0.29) is 6.61 Å². The predicted molar refractivity (Wildman–Crippen MR) is 126 cm³/mol. The molecular formula is C25H20ClN3O2S. The van der Waals surface area contributed by atoms with Crippen LogP contribution in [0, 0.1) is 6.92 Å². The van der Waals surface area contributed by atoms with Gasteiger partial charge in [-0.1, -0.05) is 41.9 Å². The van der Waals surface area contributed by atoms with Crippen LogP contribution in [0.3, 0.4) is 0 Å². The van der Waals surface area contributed by atoms with Gasteiger partial charge >= 0.3 is 0 Å². The number of halogens is 1. The third kappa shape index (κ3) is 4.09. The average molecular weight is 462 g/mol. The molecule has 32 heavy (non-hydrogen) atoms. The molecule has 4 aromatic rings. The van der Waals surface area contributed by atoms with Crippen LogP contribution in [0.5, 0.6) is 11.6 Å². The Hall–Kier alpha value is -2.93. The van der Waals surface area contributed by atoms with Gasteiger partial charge in [-0.15, -0.1) is 11.8 Å². The molecule has 5 nitrogen and oxygen atoms in total. The lowest BCUT2D eigenvalue weighted by Crippen LogP contribution is -2.13. The highest BCUT2D eigenvalue weighted by Gasteiger charge is 2.27. The fourth-order valence-corrected chi connectivity index (χ4v) is 4.77. The summed E-state index contributed by atoms with van der Waals surface area (Å²) in [6, 6.07) is 17.8. The van der Waals surface area contributed by atoms with Crippen molar-refractivity contribution in [2.75, 3.05) is 0 Å². The summed E-state index contributed by atoms with van der Waals surface area (Å²) in [7, 11) is 0. The highest BCUT2D eigenvalue weighted by atomic mass is 35.5. The summed E-state index contributed by atoms with van der Waals surface area (Å²) in [5, 5.41) is 11.4. The molecule has 0 spiro atoms. The molecule has 0 saturated carbocycles. The Kier molecular flexibility index (Phi) is 5.83. The lowest BCUT2D eigenvalue weighted by atomic mass is 9.99. The van der Waals surface area contributed by atoms with Crippen LogP contribution in [0.1, 0.15) is 27.9 Å². The van der Waals surface area contributed by atoms with E-state index in [1.54, 1.807) is 18.0 Å². The summed E-state index contributed by atoms with van der Waals surface area (Å²) in [6.07, 6.45) is 2.30. The number of pyridine rings is 1. The molecule has 1 aliphatic rings. The zero-order valence-electron chi connectivity index (χ0n) is 17.4. The molecule has 0 saturated heterocycles. The first kappa shape index (κ1) is 20.9. The van der Waals surface area contributed by atoms with Crippen molar-refractivity contribution in [3.05, 3.63) is 93.8 Å². The lowest BCUT2D eigenvalue weighted by molar-refractivity contribution is 0.278. The van der Waals surface area contributed by atoms with Gasteiger partial charge in [-0.25, -0.2) is 4.98 Å². The van der Waals surface area contributed by atoms with E-state index in [2.05, 4.69) is 17.1 Å². The summed E-state index contributed by atoms with van der Waals surface area (Å²) in [4.78, 5) is 14.0. The number of benzene rings is 2. The lowest BCUT2D eigenvalue weighted by Gasteiger charge is -2.24. The molecule has 1 N–H and O–H groups in total. The van der Waals surface area contributed by atoms with Crippen LogP contribution in [0.15, 0.2) is 65.8 Å². The van der Waals surface area contributed by atoms with Gasteiger partial charge in [0.05, 0.1) is 17.9 Å². The molecular weight excluding hydrogens is 442 g/mol. The first-order valence-electron chi connectivity index (χ1n) is 10.2. The number of hydrogen-bond donors (Lipinski definition) is 1. The van der Waals surface area contributed by atoms with Gasteiger partial charge in [-0.2, -0.15) is 4.98 Å². The minimum Gasteiger partial charge on any atom is -0.436 e. The van der Waals surface area contributed by atoms with Crippen molar-refractivity contribution < 1.29 is 9.84 Å². The van der Waals surface area contributed by atoms with Crippen molar-refractivity contribution in [1.82, 2.24) is 15.0 Å². The molecule has 160 valence electrons. The molecule has 2 aromatic carbocycles. The molecule has 0 bridgehead atoms. The van der Waals surface area contributed by atoms with Crippen molar-refractivity contribution in [2.24, 2.45) is 0 Å². The van der Waals surface area contributed by atoms with Gasteiger partial charge in [-0.3, -0.25) is 4.98 Å². The van der Waals surface area contributed by atoms with Gasteiger partial charge < -0.3 is 9.84 Å². The summed E-state index contributed by atoms with van der Waals surface area (Å²) < 4.78 is 6.27. The molecule has 0 atom stereocenters. The summed E-state index contributed by atoms with van der Waals surface area (Å²) in [5.74, 6) is 2.57. The molecule has 0 unspecified atom stereocenters. The fourth-order valence-electron chi connectivity index (χ4n) is 3.67. The number of hydrogen-bond acceptors (Lipinski definition) is 6. The third-order valence-electron chi connectivity index (χ3n) is 5.38. The van der Waals surface area contributed by atoms with E-state index < -0.39 is 0 Å². The molecule has 3 heterocycles. The van der Waals surface area contributed by atoms with Gasteiger partial charge in [0, 0.05) is 40.1 Å². The van der Waals surface area contributed by atoms with E-state index in [9.17, 15) is 5.11 Å². The Morgan fingerprint density at radius 1 is 1.03 bits per heavy atom. The second-order valence-corrected chi connectivity index (χ2v) is 8.93. The van der Waals surface area contributed by atoms with Crippen LogP contribution in [-0.2, 0) is 18.8 Å². The molecule has 5 rings (SSSR count). The van der Waals surface area contributed by atoms with Gasteiger partial charge in [0.15, 0.2) is 11.6 Å². The first-order valence-corrected chi connectivity index (χ1v) is 11.6. The number of fused-ring (bicyclic) bond motifs is 2. The van der Waals surface area contributed by atoms with Crippen molar-refractivity contribution in [3.8, 4) is 23.0 Å². The number of nitrogens with zero attached hydrogens (tertiary/aromatic N) is 3. The smallest absolute Gasteiger partial charge is 0.227 e. The van der Waals surface area contributed by atoms with Gasteiger partial charge in [-0.05, 0) is 36.8 Å². The molecule has 1 aliphatic heterocycles. The van der Waals surface area contributed by atoms with Crippen molar-refractivity contribution in [1.29, 1.82) is 0 Å². The number of aryl methyl sites for hydroxylation is 1. The zero-order chi connectivity index (χ0) is 22.1. The number of aliphatic hydroxyl groups is 1. The Bertz CT molecular complexity index is 1280. The average Bonchev–Trinajstić information content (AvgIpc) is 2.83. The van der Waals surface area contributed by atoms with Crippen LogP contribution in [-0.4, -0.2) is 20.1 Å². The van der Waals surface area contributed by atoms with E-state index in [1.807, 2.05) is 49.4 Å². The number of rotatable bonds is 5. The SMILES string of the molecule is Cc1ncc(CO)c2c1Oc1nc(-c3ccc(Cl)cc3)nc(SCc3ccccc3)c1C2. The van der Waals surface area contributed by atoms with Crippen molar-refractivity contribution in [2.45, 2.75) is 30.7 Å². The second-order valence-electron chi connectivity index (χ2n) is 7.53. The first-order chi connectivity index (χ1) is 15.6. The largest absolute Gasteiger partial charge is 0.436 e. The van der Waals surface area contributed by atoms with Crippen molar-refractivity contribution >= 4 is 23.4 Å². The van der Waals surface area contributed by atoms with Crippen LogP contribution in [0.2, 0.25) is 5.02 Å². The summed E-state index contributed by atoms with van der Waals surface area (Å²) in [6.45, 7) is 1.81. The van der Waals surface area contributed by atoms with Gasteiger partial charge in [0.2, 0.25) is 5.88 Å². The molecule has 0 fully saturated rings. The second kappa shape index (κ2) is 8.90. The van der Waals surface area contributed by atoms with E-state index in [0.29, 0.717) is 28.9 Å². The number of aromatic nitrogens is 3. The maximum Gasteiger partial charge on any atom is 0.227 e. The Labute approximate surface area is 195 Å². The van der Waals surface area contributed by atoms with Crippen molar-refractivity contribution in [3.63, 3.8) is 0 Å². The van der Waals surface area contributed by atoms with Crippen LogP contribution in [0.25, 0.3) is 11.4 Å². The number of thioether (sulfide) groups is 1. The van der Waals surface area contributed by atoms with Gasteiger partial charge in [0.1, 0.15) is 5.03 Å². The maximum absolute atomic E-state index is 9.83. The normalized spacial score (nSPS) is 12.1. The quantitative estimate of drug-likeness (QED) is 0.256. The van der Waals surface area contributed by atoms with Crippen LogP contribution >= 0.6 is 23.4 Å². The predicted octanol–water partition coefficient (Wildman–Crippen LogP) is 5.98. The van der Waals surface area contributed by atoms with Crippen LogP contribution in [0.4, 0.5) is 0 Å². The summed E-state index contributed by atoms with van der Waals surface area (Å²) in [5.41, 5.74) is 5.48. The minimum atomic E-state index is -0.0927. The molecule has 0 aliphatic carbocycles. The topological polar surface area (TPSA) is 68.1 Å². The Morgan fingerprint density at radius 3 is 2.56 bits per heavy atom. The highest BCUT2D eigenvalue weighted by molar-refractivity contribution is 7.98. The monoisotopic (exact) mass is 461 g/mol. The zero-order valence-corrected chi connectivity index (χ0v) is 19.0. The van der Waals surface area contributed by atoms with E-state index >= 15 is 0 Å². The van der Waals surface area contributed by atoms with E-state index in [1.165, 1.54) is 5.56 Å². The fraction of sp³-hybridized carbons (Fsp3) is 0.160. The third-order valence-corrected chi connectivity index (χ3v) is 6.72. The molecule has 0 amide bonds. The number of ether oxygens (including phenoxy) is 1. The molecule has 7 heteroatoms. The van der Waals surface area contributed by atoms with Gasteiger partial charge in [0.25, 0.3) is 0 Å². The molecule has 2 aromatic heterocycles. The number of aliphatic hydroxyl groups excluding tert-OH is 1. The molecule has 0 radical (unpaired) electrons. The highest BCUT2D eigenvalue weighted by Crippen LogP contribution is 2.43. The minimum absolute atomic E-state index is 0.0927. The summed E-state index contributed by atoms with van der Waals surface area (Å²) >= 11 is 7.73. The maximum atomic E-state index is 9.83. The van der Waals surface area contributed by atoms with Crippen LogP contribution < -0.4 is 4.74 Å².